The van der Waals surface area contributed by atoms with Crippen LogP contribution < -0.4 is 10.1 Å². The van der Waals surface area contributed by atoms with Crippen molar-refractivity contribution in [1.29, 1.82) is 0 Å². The minimum Gasteiger partial charge on any atom is -0.481 e. The fourth-order valence-corrected chi connectivity index (χ4v) is 2.59. The summed E-state index contributed by atoms with van der Waals surface area (Å²) < 4.78 is 5.68. The molecule has 128 valence electrons. The molecule has 0 radical (unpaired) electrons. The van der Waals surface area contributed by atoms with Crippen molar-refractivity contribution in [2.24, 2.45) is 0 Å². The molecule has 0 aliphatic carbocycles. The Kier molecular flexibility index (Phi) is 6.27. The van der Waals surface area contributed by atoms with Crippen LogP contribution in [-0.4, -0.2) is 12.0 Å². The SMILES string of the molecule is CC[C@@H](NC(=O)[C@@H](C)Oc1ccc(Cl)cc1)c1ccc(C)c(C)c1. The summed E-state index contributed by atoms with van der Waals surface area (Å²) in [5.74, 6) is 0.497. The van der Waals surface area contributed by atoms with Gasteiger partial charge < -0.3 is 10.1 Å². The summed E-state index contributed by atoms with van der Waals surface area (Å²) in [5, 5.41) is 3.71. The highest BCUT2D eigenvalue weighted by Gasteiger charge is 2.19. The predicted octanol–water partition coefficient (Wildman–Crippen LogP) is 4.99. The zero-order valence-electron chi connectivity index (χ0n) is 14.6. The van der Waals surface area contributed by atoms with Crippen LogP contribution in [0.2, 0.25) is 5.02 Å². The Morgan fingerprint density at radius 1 is 1.12 bits per heavy atom. The number of amides is 1. The fourth-order valence-electron chi connectivity index (χ4n) is 2.46. The minimum absolute atomic E-state index is 0.0203. The molecule has 0 bridgehead atoms. The molecule has 3 nitrogen and oxygen atoms in total. The smallest absolute Gasteiger partial charge is 0.261 e. The van der Waals surface area contributed by atoms with Gasteiger partial charge >= 0.3 is 0 Å². The second kappa shape index (κ2) is 8.20. The van der Waals surface area contributed by atoms with Crippen LogP contribution in [0.3, 0.4) is 0 Å². The van der Waals surface area contributed by atoms with E-state index in [-0.39, 0.29) is 11.9 Å². The highest BCUT2D eigenvalue weighted by Crippen LogP contribution is 2.21. The summed E-state index contributed by atoms with van der Waals surface area (Å²) >= 11 is 5.86. The van der Waals surface area contributed by atoms with Gasteiger partial charge in [0.2, 0.25) is 0 Å². The largest absolute Gasteiger partial charge is 0.481 e. The number of benzene rings is 2. The number of carbonyl (C=O) groups excluding carboxylic acids is 1. The van der Waals surface area contributed by atoms with Gasteiger partial charge in [-0.2, -0.15) is 0 Å². The first-order valence-electron chi connectivity index (χ1n) is 8.20. The van der Waals surface area contributed by atoms with Crippen LogP contribution in [0, 0.1) is 13.8 Å². The topological polar surface area (TPSA) is 38.3 Å². The van der Waals surface area contributed by atoms with E-state index in [0.29, 0.717) is 10.8 Å². The molecule has 0 aliphatic heterocycles. The second-order valence-electron chi connectivity index (χ2n) is 6.03. The van der Waals surface area contributed by atoms with Crippen LogP contribution in [0.4, 0.5) is 0 Å². The Hall–Kier alpha value is -2.00. The number of aryl methyl sites for hydroxylation is 2. The summed E-state index contributed by atoms with van der Waals surface area (Å²) in [6.45, 7) is 7.97. The second-order valence-corrected chi connectivity index (χ2v) is 6.46. The third-order valence-corrected chi connectivity index (χ3v) is 4.41. The van der Waals surface area contributed by atoms with Gasteiger partial charge in [-0.3, -0.25) is 4.79 Å². The highest BCUT2D eigenvalue weighted by atomic mass is 35.5. The lowest BCUT2D eigenvalue weighted by molar-refractivity contribution is -0.128. The predicted molar refractivity (Wildman–Crippen MR) is 98.6 cm³/mol. The van der Waals surface area contributed by atoms with E-state index in [1.165, 1.54) is 11.1 Å². The van der Waals surface area contributed by atoms with Gasteiger partial charge in [0.05, 0.1) is 6.04 Å². The Bertz CT molecular complexity index is 697. The fraction of sp³-hybridized carbons (Fsp3) is 0.350. The maximum absolute atomic E-state index is 12.4. The molecule has 24 heavy (non-hydrogen) atoms. The van der Waals surface area contributed by atoms with Crippen LogP contribution in [-0.2, 0) is 4.79 Å². The van der Waals surface area contributed by atoms with Gasteiger partial charge in [-0.1, -0.05) is 36.7 Å². The number of hydrogen-bond donors (Lipinski definition) is 1. The lowest BCUT2D eigenvalue weighted by atomic mass is 9.99. The molecule has 0 aliphatic rings. The maximum atomic E-state index is 12.4. The first-order valence-corrected chi connectivity index (χ1v) is 8.58. The third-order valence-electron chi connectivity index (χ3n) is 4.15. The van der Waals surface area contributed by atoms with Crippen molar-refractivity contribution in [1.82, 2.24) is 5.32 Å². The van der Waals surface area contributed by atoms with Crippen molar-refractivity contribution in [3.8, 4) is 5.75 Å². The molecule has 1 N–H and O–H groups in total. The molecule has 4 heteroatoms. The van der Waals surface area contributed by atoms with Gasteiger partial charge in [0.25, 0.3) is 5.91 Å². The normalized spacial score (nSPS) is 13.2. The molecule has 2 aromatic rings. The molecule has 2 aromatic carbocycles. The molecule has 0 saturated heterocycles. The number of halogens is 1. The molecule has 2 rings (SSSR count). The van der Waals surface area contributed by atoms with Gasteiger partial charge in [0, 0.05) is 5.02 Å². The monoisotopic (exact) mass is 345 g/mol. The van der Waals surface area contributed by atoms with Gasteiger partial charge in [-0.25, -0.2) is 0 Å². The molecule has 2 atom stereocenters. The molecule has 0 spiro atoms. The van der Waals surface area contributed by atoms with E-state index < -0.39 is 6.10 Å². The minimum atomic E-state index is -0.577. The van der Waals surface area contributed by atoms with Crippen molar-refractivity contribution < 1.29 is 9.53 Å². The molecule has 0 fully saturated rings. The number of hydrogen-bond acceptors (Lipinski definition) is 2. The van der Waals surface area contributed by atoms with Crippen molar-refractivity contribution >= 4 is 17.5 Å². The van der Waals surface area contributed by atoms with Crippen LogP contribution in [0.25, 0.3) is 0 Å². The zero-order valence-corrected chi connectivity index (χ0v) is 15.4. The number of carbonyl (C=O) groups is 1. The molecule has 0 heterocycles. The van der Waals surface area contributed by atoms with Gasteiger partial charge in [-0.15, -0.1) is 0 Å². The Balaban J connectivity index is 2.02. The van der Waals surface area contributed by atoms with Crippen molar-refractivity contribution in [3.05, 3.63) is 64.2 Å². The van der Waals surface area contributed by atoms with Crippen LogP contribution in [0.15, 0.2) is 42.5 Å². The van der Waals surface area contributed by atoms with Crippen LogP contribution in [0.5, 0.6) is 5.75 Å². The van der Waals surface area contributed by atoms with Crippen molar-refractivity contribution in [3.63, 3.8) is 0 Å². The van der Waals surface area contributed by atoms with E-state index in [4.69, 9.17) is 16.3 Å². The Morgan fingerprint density at radius 2 is 1.79 bits per heavy atom. The molecule has 0 saturated carbocycles. The summed E-state index contributed by atoms with van der Waals surface area (Å²) in [5.41, 5.74) is 3.60. The van der Waals surface area contributed by atoms with E-state index >= 15 is 0 Å². The first-order chi connectivity index (χ1) is 11.4. The summed E-state index contributed by atoms with van der Waals surface area (Å²) in [6.07, 6.45) is 0.244. The maximum Gasteiger partial charge on any atom is 0.261 e. The number of ether oxygens (including phenoxy) is 1. The first kappa shape index (κ1) is 18.3. The number of nitrogens with one attached hydrogen (secondary N) is 1. The molecular formula is C20H24ClNO2. The average molecular weight is 346 g/mol. The van der Waals surface area contributed by atoms with Crippen molar-refractivity contribution in [2.45, 2.75) is 46.3 Å². The van der Waals surface area contributed by atoms with Crippen LogP contribution >= 0.6 is 11.6 Å². The van der Waals surface area contributed by atoms with E-state index in [2.05, 4.69) is 44.3 Å². The highest BCUT2D eigenvalue weighted by molar-refractivity contribution is 6.30. The summed E-state index contributed by atoms with van der Waals surface area (Å²) in [7, 11) is 0. The standard InChI is InChI=1S/C20H24ClNO2/c1-5-19(16-7-6-13(2)14(3)12-16)22-20(23)15(4)24-18-10-8-17(21)9-11-18/h6-12,15,19H,5H2,1-4H3,(H,22,23)/t15-,19-/m1/s1. The average Bonchev–Trinajstić information content (AvgIpc) is 2.57. The van der Waals surface area contributed by atoms with Gasteiger partial charge in [0.15, 0.2) is 6.10 Å². The van der Waals surface area contributed by atoms with E-state index in [1.807, 2.05) is 0 Å². The van der Waals surface area contributed by atoms with E-state index in [9.17, 15) is 4.79 Å². The lowest BCUT2D eigenvalue weighted by Gasteiger charge is -2.21. The van der Waals surface area contributed by atoms with E-state index in [1.54, 1.807) is 31.2 Å². The molecular weight excluding hydrogens is 322 g/mol. The Morgan fingerprint density at radius 3 is 2.38 bits per heavy atom. The quantitative estimate of drug-likeness (QED) is 0.800. The molecule has 0 unspecified atom stereocenters. The van der Waals surface area contributed by atoms with Gasteiger partial charge in [-0.05, 0) is 68.1 Å². The number of rotatable bonds is 6. The lowest BCUT2D eigenvalue weighted by Crippen LogP contribution is -2.38. The molecule has 0 aromatic heterocycles. The van der Waals surface area contributed by atoms with E-state index in [0.717, 1.165) is 12.0 Å². The van der Waals surface area contributed by atoms with Crippen LogP contribution in [0.1, 0.15) is 43.0 Å². The zero-order chi connectivity index (χ0) is 17.7. The summed E-state index contributed by atoms with van der Waals surface area (Å²) in [4.78, 5) is 12.4. The Labute approximate surface area is 149 Å². The molecule has 1 amide bonds. The third kappa shape index (κ3) is 4.75. The summed E-state index contributed by atoms with van der Waals surface area (Å²) in [6, 6.07) is 13.3. The van der Waals surface area contributed by atoms with Crippen molar-refractivity contribution in [2.75, 3.05) is 0 Å². The van der Waals surface area contributed by atoms with Gasteiger partial charge in [0.1, 0.15) is 5.75 Å².